The topological polar surface area (TPSA) is 84.0 Å². The van der Waals surface area contributed by atoms with Crippen molar-refractivity contribution in [1.29, 1.82) is 0 Å². The average molecular weight is 179 g/mol. The highest BCUT2D eigenvalue weighted by Crippen LogP contribution is 2.27. The summed E-state index contributed by atoms with van der Waals surface area (Å²) in [6.07, 6.45) is 2.66. The first-order chi connectivity index (χ1) is 6.33. The van der Waals surface area contributed by atoms with Crippen molar-refractivity contribution in [2.45, 2.75) is 6.54 Å². The lowest BCUT2D eigenvalue weighted by Crippen LogP contribution is -2.15. The average Bonchev–Trinajstić information content (AvgIpc) is 2.60. The first-order valence-electron chi connectivity index (χ1n) is 3.57. The zero-order valence-electron chi connectivity index (χ0n) is 6.48. The summed E-state index contributed by atoms with van der Waals surface area (Å²) in [4.78, 5) is 24.7. The molecule has 0 fully saturated rings. The fourth-order valence-corrected chi connectivity index (χ4v) is 1.13. The molecule has 6 nitrogen and oxygen atoms in total. The van der Waals surface area contributed by atoms with Crippen LogP contribution in [0, 0.1) is 4.91 Å². The molecule has 0 saturated heterocycles. The van der Waals surface area contributed by atoms with Gasteiger partial charge in [-0.3, -0.25) is 4.79 Å². The summed E-state index contributed by atoms with van der Waals surface area (Å²) in [5.41, 5.74) is 0.751. The second-order valence-electron chi connectivity index (χ2n) is 2.47. The van der Waals surface area contributed by atoms with E-state index in [1.165, 1.54) is 12.6 Å². The van der Waals surface area contributed by atoms with E-state index in [-0.39, 0.29) is 5.56 Å². The predicted octanol–water partition coefficient (Wildman–Crippen LogP) is 0.949. The van der Waals surface area contributed by atoms with Gasteiger partial charge in [-0.2, -0.15) is 0 Å². The zero-order chi connectivity index (χ0) is 9.26. The highest BCUT2D eigenvalue weighted by molar-refractivity contribution is 5.97. The molecular weight excluding hydrogens is 174 g/mol. The Morgan fingerprint density at radius 1 is 1.69 bits per heavy atom. The number of furan rings is 1. The molecule has 1 aliphatic rings. The minimum atomic E-state index is -0.830. The lowest BCUT2D eigenvalue weighted by Gasteiger charge is -2.04. The number of aliphatic imine (C=N–C) groups is 1. The van der Waals surface area contributed by atoms with Crippen LogP contribution in [0.3, 0.4) is 0 Å². The van der Waals surface area contributed by atoms with Gasteiger partial charge in [-0.25, -0.2) is 4.99 Å². The lowest BCUT2D eigenvalue weighted by molar-refractivity contribution is 0.0999. The van der Waals surface area contributed by atoms with Crippen molar-refractivity contribution in [1.82, 2.24) is 5.32 Å². The maximum Gasteiger partial charge on any atom is 0.320 e. The summed E-state index contributed by atoms with van der Waals surface area (Å²) in [5.74, 6) is -0.477. The molecule has 66 valence electrons. The van der Waals surface area contributed by atoms with Gasteiger partial charge in [0.05, 0.1) is 11.9 Å². The van der Waals surface area contributed by atoms with E-state index in [1.807, 2.05) is 0 Å². The fourth-order valence-electron chi connectivity index (χ4n) is 1.13. The number of rotatable bonds is 1. The molecule has 1 amide bonds. The number of fused-ring (bicyclic) bond motifs is 1. The van der Waals surface area contributed by atoms with Gasteiger partial charge in [0.2, 0.25) is 5.88 Å². The SMILES string of the molecule is O=NC(=O)c1coc2c1CNC=N2. The molecule has 0 saturated carbocycles. The van der Waals surface area contributed by atoms with Crippen molar-refractivity contribution in [2.75, 3.05) is 0 Å². The van der Waals surface area contributed by atoms with Crippen LogP contribution in [0.2, 0.25) is 0 Å². The molecule has 2 rings (SSSR count). The van der Waals surface area contributed by atoms with Crippen LogP contribution in [-0.2, 0) is 6.54 Å². The van der Waals surface area contributed by atoms with Gasteiger partial charge in [-0.05, 0) is 0 Å². The number of carbonyl (C=O) groups excluding carboxylic acids is 1. The molecular formula is C7H5N3O3. The van der Waals surface area contributed by atoms with Gasteiger partial charge in [0.15, 0.2) is 0 Å². The van der Waals surface area contributed by atoms with Crippen LogP contribution in [0.1, 0.15) is 15.9 Å². The predicted molar refractivity (Wildman–Crippen MR) is 43.8 cm³/mol. The smallest absolute Gasteiger partial charge is 0.320 e. The molecule has 0 radical (unpaired) electrons. The summed E-state index contributed by atoms with van der Waals surface area (Å²) >= 11 is 0. The molecule has 0 aliphatic carbocycles. The van der Waals surface area contributed by atoms with E-state index in [9.17, 15) is 9.70 Å². The number of nitroso groups, excluding NO2 is 1. The Morgan fingerprint density at radius 2 is 2.54 bits per heavy atom. The van der Waals surface area contributed by atoms with Crippen LogP contribution < -0.4 is 5.32 Å². The Kier molecular flexibility index (Phi) is 1.66. The third-order valence-corrected chi connectivity index (χ3v) is 1.74. The van der Waals surface area contributed by atoms with Gasteiger partial charge in [0, 0.05) is 17.3 Å². The highest BCUT2D eigenvalue weighted by Gasteiger charge is 2.20. The molecule has 1 aromatic rings. The number of hydrogen-bond donors (Lipinski definition) is 1. The Morgan fingerprint density at radius 3 is 3.31 bits per heavy atom. The van der Waals surface area contributed by atoms with Gasteiger partial charge in [0.1, 0.15) is 6.26 Å². The molecule has 0 unspecified atom stereocenters. The number of nitrogens with zero attached hydrogens (tertiary/aromatic N) is 2. The van der Waals surface area contributed by atoms with E-state index in [2.05, 4.69) is 15.5 Å². The van der Waals surface area contributed by atoms with Gasteiger partial charge in [-0.15, -0.1) is 4.91 Å². The molecule has 0 spiro atoms. The van der Waals surface area contributed by atoms with Crippen molar-refractivity contribution in [3.05, 3.63) is 22.3 Å². The summed E-state index contributed by atoms with van der Waals surface area (Å²) in [6.45, 7) is 0.423. The number of hydrogen-bond acceptors (Lipinski definition) is 5. The second kappa shape index (κ2) is 2.81. The van der Waals surface area contributed by atoms with Crippen LogP contribution in [0.4, 0.5) is 5.88 Å². The minimum absolute atomic E-state index is 0.175. The summed E-state index contributed by atoms with van der Waals surface area (Å²) in [5, 5.41) is 5.11. The molecule has 0 aromatic carbocycles. The normalized spacial score (nSPS) is 13.2. The molecule has 1 aliphatic heterocycles. The van der Waals surface area contributed by atoms with Crippen LogP contribution >= 0.6 is 0 Å². The van der Waals surface area contributed by atoms with E-state index in [0.717, 1.165) is 0 Å². The van der Waals surface area contributed by atoms with Crippen molar-refractivity contribution in [2.24, 2.45) is 10.2 Å². The molecule has 1 aromatic heterocycles. The lowest BCUT2D eigenvalue weighted by atomic mass is 10.1. The van der Waals surface area contributed by atoms with Gasteiger partial charge in [0.25, 0.3) is 0 Å². The third-order valence-electron chi connectivity index (χ3n) is 1.74. The Bertz CT molecular complexity index is 394. The van der Waals surface area contributed by atoms with Crippen molar-refractivity contribution >= 4 is 18.1 Å². The van der Waals surface area contributed by atoms with Gasteiger partial charge >= 0.3 is 5.91 Å². The first-order valence-corrected chi connectivity index (χ1v) is 3.57. The maximum atomic E-state index is 10.9. The maximum absolute atomic E-state index is 10.9. The van der Waals surface area contributed by atoms with Crippen molar-refractivity contribution in [3.63, 3.8) is 0 Å². The summed E-state index contributed by atoms with van der Waals surface area (Å²) < 4.78 is 4.95. The van der Waals surface area contributed by atoms with Gasteiger partial charge in [-0.1, -0.05) is 0 Å². The molecule has 0 bridgehead atoms. The molecule has 13 heavy (non-hydrogen) atoms. The van der Waals surface area contributed by atoms with Crippen LogP contribution in [-0.4, -0.2) is 12.2 Å². The standard InChI is InChI=1S/C7H5N3O3/c11-6(10-12)5-2-13-7-4(5)1-8-3-9-7/h2-3H,1H2,(H,8,9). The van der Waals surface area contributed by atoms with E-state index >= 15 is 0 Å². The summed E-state index contributed by atoms with van der Waals surface area (Å²) in [6, 6.07) is 0. The van der Waals surface area contributed by atoms with Crippen LogP contribution in [0.25, 0.3) is 0 Å². The van der Waals surface area contributed by atoms with E-state index in [4.69, 9.17) is 4.42 Å². The third kappa shape index (κ3) is 1.12. The number of nitrogens with one attached hydrogen (secondary N) is 1. The quantitative estimate of drug-likeness (QED) is 0.650. The van der Waals surface area contributed by atoms with Crippen LogP contribution in [0.15, 0.2) is 20.8 Å². The Hall–Kier alpha value is -1.98. The van der Waals surface area contributed by atoms with Crippen molar-refractivity contribution < 1.29 is 9.21 Å². The number of carbonyl (C=O) groups is 1. The Labute approximate surface area is 72.6 Å². The monoisotopic (exact) mass is 179 g/mol. The molecule has 0 atom stereocenters. The second-order valence-corrected chi connectivity index (χ2v) is 2.47. The number of amides is 1. The van der Waals surface area contributed by atoms with Crippen molar-refractivity contribution in [3.8, 4) is 0 Å². The zero-order valence-corrected chi connectivity index (χ0v) is 6.48. The first kappa shape index (κ1) is 7.66. The summed E-state index contributed by atoms with van der Waals surface area (Å²) in [7, 11) is 0. The molecule has 2 heterocycles. The minimum Gasteiger partial charge on any atom is -0.445 e. The van der Waals surface area contributed by atoms with Gasteiger partial charge < -0.3 is 9.73 Å². The molecule has 1 N–H and O–H groups in total. The fraction of sp³-hybridized carbons (Fsp3) is 0.143. The van der Waals surface area contributed by atoms with E-state index in [0.29, 0.717) is 18.0 Å². The highest BCUT2D eigenvalue weighted by atomic mass is 16.3. The largest absolute Gasteiger partial charge is 0.445 e. The Balaban J connectivity index is 2.49. The van der Waals surface area contributed by atoms with E-state index < -0.39 is 5.91 Å². The van der Waals surface area contributed by atoms with E-state index in [1.54, 1.807) is 0 Å². The van der Waals surface area contributed by atoms with Crippen LogP contribution in [0.5, 0.6) is 0 Å². The molecule has 6 heteroatoms.